The first-order valence-electron chi connectivity index (χ1n) is 6.85. The molecular formula is C14H22O4. The minimum absolute atomic E-state index is 0.0597. The van der Waals surface area contributed by atoms with E-state index in [1.165, 1.54) is 14.0 Å². The summed E-state index contributed by atoms with van der Waals surface area (Å²) in [6.45, 7) is 1.47. The SMILES string of the molecule is COC(=O)[C@H]1CCC2C[C@@H](OC(C)=O)CCC2C1. The standard InChI is InChI=1S/C14H22O4/c1-9(15)18-13-6-5-10-7-12(14(16)17-2)4-3-11(10)8-13/h10-13H,3-8H2,1-2H3/t10?,11?,12-,13-/m0/s1. The number of hydrogen-bond donors (Lipinski definition) is 0. The highest BCUT2D eigenvalue weighted by molar-refractivity contribution is 5.72. The van der Waals surface area contributed by atoms with Gasteiger partial charge in [0.05, 0.1) is 13.0 Å². The maximum atomic E-state index is 11.6. The number of esters is 2. The van der Waals surface area contributed by atoms with E-state index in [-0.39, 0.29) is 24.0 Å². The third-order valence-corrected chi connectivity index (χ3v) is 4.43. The summed E-state index contributed by atoms with van der Waals surface area (Å²) in [5.74, 6) is 1.07. The summed E-state index contributed by atoms with van der Waals surface area (Å²) < 4.78 is 10.1. The Bertz CT molecular complexity index is 326. The predicted molar refractivity (Wildman–Crippen MR) is 65.7 cm³/mol. The molecule has 2 rings (SSSR count). The molecule has 0 amide bonds. The van der Waals surface area contributed by atoms with Crippen molar-refractivity contribution in [2.75, 3.05) is 7.11 Å². The average Bonchev–Trinajstić information content (AvgIpc) is 2.36. The number of methoxy groups -OCH3 is 1. The van der Waals surface area contributed by atoms with E-state index in [0.29, 0.717) is 11.8 Å². The van der Waals surface area contributed by atoms with E-state index in [1.807, 2.05) is 0 Å². The summed E-state index contributed by atoms with van der Waals surface area (Å²) in [5.41, 5.74) is 0. The Labute approximate surface area is 108 Å². The molecule has 0 aromatic rings. The summed E-state index contributed by atoms with van der Waals surface area (Å²) in [7, 11) is 1.46. The molecule has 2 saturated carbocycles. The number of rotatable bonds is 2. The van der Waals surface area contributed by atoms with E-state index in [0.717, 1.165) is 38.5 Å². The first-order chi connectivity index (χ1) is 8.60. The lowest BCUT2D eigenvalue weighted by Crippen LogP contribution is -2.36. The number of carbonyl (C=O) groups excluding carboxylic acids is 2. The molecule has 0 radical (unpaired) electrons. The molecular weight excluding hydrogens is 232 g/mol. The van der Waals surface area contributed by atoms with Gasteiger partial charge in [-0.2, -0.15) is 0 Å². The molecule has 2 unspecified atom stereocenters. The molecule has 2 aliphatic carbocycles. The van der Waals surface area contributed by atoms with Gasteiger partial charge in [-0.15, -0.1) is 0 Å². The molecule has 0 heterocycles. The lowest BCUT2D eigenvalue weighted by Gasteiger charge is -2.40. The van der Waals surface area contributed by atoms with Crippen LogP contribution in [0.15, 0.2) is 0 Å². The van der Waals surface area contributed by atoms with E-state index < -0.39 is 0 Å². The van der Waals surface area contributed by atoms with Gasteiger partial charge >= 0.3 is 11.9 Å². The molecule has 2 fully saturated rings. The van der Waals surface area contributed by atoms with Crippen LogP contribution in [-0.4, -0.2) is 25.2 Å². The van der Waals surface area contributed by atoms with Crippen LogP contribution in [0.2, 0.25) is 0 Å². The molecule has 102 valence electrons. The van der Waals surface area contributed by atoms with Gasteiger partial charge in [0.25, 0.3) is 0 Å². The summed E-state index contributed by atoms with van der Waals surface area (Å²) in [6.07, 6.45) is 5.99. The molecule has 4 heteroatoms. The summed E-state index contributed by atoms with van der Waals surface area (Å²) in [5, 5.41) is 0. The first-order valence-corrected chi connectivity index (χ1v) is 6.85. The van der Waals surface area contributed by atoms with E-state index >= 15 is 0 Å². The molecule has 0 bridgehead atoms. The molecule has 2 aliphatic rings. The first kappa shape index (κ1) is 13.4. The van der Waals surface area contributed by atoms with Gasteiger partial charge in [-0.1, -0.05) is 0 Å². The highest BCUT2D eigenvalue weighted by atomic mass is 16.5. The summed E-state index contributed by atoms with van der Waals surface area (Å²) >= 11 is 0. The Morgan fingerprint density at radius 1 is 1.00 bits per heavy atom. The van der Waals surface area contributed by atoms with Gasteiger partial charge in [-0.3, -0.25) is 9.59 Å². The van der Waals surface area contributed by atoms with Crippen molar-refractivity contribution in [2.24, 2.45) is 17.8 Å². The Morgan fingerprint density at radius 3 is 2.33 bits per heavy atom. The fourth-order valence-corrected chi connectivity index (χ4v) is 3.57. The van der Waals surface area contributed by atoms with Crippen LogP contribution < -0.4 is 0 Å². The van der Waals surface area contributed by atoms with Crippen LogP contribution in [0.3, 0.4) is 0 Å². The van der Waals surface area contributed by atoms with Crippen LogP contribution >= 0.6 is 0 Å². The number of ether oxygens (including phenoxy) is 2. The normalized spacial score (nSPS) is 35.4. The molecule has 0 aliphatic heterocycles. The zero-order valence-electron chi connectivity index (χ0n) is 11.2. The van der Waals surface area contributed by atoms with E-state index in [1.54, 1.807) is 0 Å². The van der Waals surface area contributed by atoms with Gasteiger partial charge in [0.1, 0.15) is 6.10 Å². The van der Waals surface area contributed by atoms with Gasteiger partial charge in [0.15, 0.2) is 0 Å². The van der Waals surface area contributed by atoms with Crippen LogP contribution in [0.4, 0.5) is 0 Å². The second-order valence-electron chi connectivity index (χ2n) is 5.60. The molecule has 0 spiro atoms. The number of carbonyl (C=O) groups is 2. The Morgan fingerprint density at radius 2 is 1.67 bits per heavy atom. The van der Waals surface area contributed by atoms with Crippen LogP contribution in [0.25, 0.3) is 0 Å². The Balaban J connectivity index is 1.87. The fourth-order valence-electron chi connectivity index (χ4n) is 3.57. The second-order valence-corrected chi connectivity index (χ2v) is 5.60. The minimum atomic E-state index is -0.179. The average molecular weight is 254 g/mol. The van der Waals surface area contributed by atoms with Crippen LogP contribution in [0.1, 0.15) is 45.4 Å². The van der Waals surface area contributed by atoms with Crippen LogP contribution in [-0.2, 0) is 19.1 Å². The quantitative estimate of drug-likeness (QED) is 0.710. The van der Waals surface area contributed by atoms with Gasteiger partial charge in [0.2, 0.25) is 0 Å². The van der Waals surface area contributed by atoms with Crippen molar-refractivity contribution in [2.45, 2.75) is 51.6 Å². The van der Waals surface area contributed by atoms with Gasteiger partial charge < -0.3 is 9.47 Å². The highest BCUT2D eigenvalue weighted by Crippen LogP contribution is 2.43. The van der Waals surface area contributed by atoms with Crippen molar-refractivity contribution in [1.29, 1.82) is 0 Å². The lowest BCUT2D eigenvalue weighted by atomic mass is 9.67. The molecule has 0 saturated heterocycles. The molecule has 4 atom stereocenters. The van der Waals surface area contributed by atoms with E-state index in [4.69, 9.17) is 9.47 Å². The van der Waals surface area contributed by atoms with Crippen molar-refractivity contribution in [3.8, 4) is 0 Å². The lowest BCUT2D eigenvalue weighted by molar-refractivity contribution is -0.151. The van der Waals surface area contributed by atoms with Gasteiger partial charge in [0, 0.05) is 6.92 Å². The topological polar surface area (TPSA) is 52.6 Å². The molecule has 4 nitrogen and oxygen atoms in total. The molecule has 0 N–H and O–H groups in total. The summed E-state index contributed by atoms with van der Waals surface area (Å²) in [4.78, 5) is 22.5. The largest absolute Gasteiger partial charge is 0.469 e. The number of fused-ring (bicyclic) bond motifs is 1. The van der Waals surface area contributed by atoms with Crippen molar-refractivity contribution >= 4 is 11.9 Å². The maximum absolute atomic E-state index is 11.6. The van der Waals surface area contributed by atoms with Gasteiger partial charge in [-0.25, -0.2) is 0 Å². The fraction of sp³-hybridized carbons (Fsp3) is 0.857. The van der Waals surface area contributed by atoms with Gasteiger partial charge in [-0.05, 0) is 50.4 Å². The van der Waals surface area contributed by atoms with Crippen molar-refractivity contribution in [3.05, 3.63) is 0 Å². The van der Waals surface area contributed by atoms with Crippen molar-refractivity contribution in [1.82, 2.24) is 0 Å². The third-order valence-electron chi connectivity index (χ3n) is 4.43. The predicted octanol–water partition coefficient (Wildman–Crippen LogP) is 2.31. The highest BCUT2D eigenvalue weighted by Gasteiger charge is 2.38. The summed E-state index contributed by atoms with van der Waals surface area (Å²) in [6, 6.07) is 0. The monoisotopic (exact) mass is 254 g/mol. The number of hydrogen-bond acceptors (Lipinski definition) is 4. The van der Waals surface area contributed by atoms with Crippen LogP contribution in [0.5, 0.6) is 0 Å². The minimum Gasteiger partial charge on any atom is -0.469 e. The Kier molecular flexibility index (Phi) is 4.25. The third kappa shape index (κ3) is 3.03. The zero-order valence-corrected chi connectivity index (χ0v) is 11.2. The van der Waals surface area contributed by atoms with E-state index in [2.05, 4.69) is 0 Å². The second kappa shape index (κ2) is 5.72. The smallest absolute Gasteiger partial charge is 0.308 e. The van der Waals surface area contributed by atoms with E-state index in [9.17, 15) is 9.59 Å². The molecule has 18 heavy (non-hydrogen) atoms. The molecule has 0 aromatic heterocycles. The molecule has 0 aromatic carbocycles. The Hall–Kier alpha value is -1.06. The van der Waals surface area contributed by atoms with Crippen molar-refractivity contribution < 1.29 is 19.1 Å². The van der Waals surface area contributed by atoms with Crippen molar-refractivity contribution in [3.63, 3.8) is 0 Å². The maximum Gasteiger partial charge on any atom is 0.308 e. The zero-order chi connectivity index (χ0) is 13.1. The van der Waals surface area contributed by atoms with Crippen LogP contribution in [0, 0.1) is 17.8 Å².